The lowest BCUT2D eigenvalue weighted by molar-refractivity contribution is -0.562. The molecule has 0 aromatic rings. The Kier molecular flexibility index (Phi) is 13.4. The number of hydrogen-bond acceptors (Lipinski definition) is 6. The molecule has 0 bridgehead atoms. The van der Waals surface area contributed by atoms with Crippen molar-refractivity contribution in [3.05, 3.63) is 23.5 Å². The van der Waals surface area contributed by atoms with Crippen LogP contribution >= 0.6 is 46.4 Å². The van der Waals surface area contributed by atoms with Gasteiger partial charge in [0.25, 0.3) is 5.84 Å². The van der Waals surface area contributed by atoms with Gasteiger partial charge in [-0.25, -0.2) is 8.42 Å². The molecule has 8 unspecified atom stereocenters. The van der Waals surface area contributed by atoms with Crippen LogP contribution in [-0.4, -0.2) is 116 Å². The fraction of sp³-hybridized carbons (Fsp3) is 0.844. The zero-order valence-electron chi connectivity index (χ0n) is 26.8. The molecule has 2 aliphatic carbocycles. The number of rotatable bonds is 14. The second-order valence-electron chi connectivity index (χ2n) is 12.8. The summed E-state index contributed by atoms with van der Waals surface area (Å²) in [7, 11) is -4.23. The Hall–Kier alpha value is -0.380. The van der Waals surface area contributed by atoms with E-state index in [0.29, 0.717) is 31.5 Å². The Morgan fingerprint density at radius 2 is 1.41 bits per heavy atom. The Labute approximate surface area is 286 Å². The molecule has 0 aromatic heterocycles. The Morgan fingerprint density at radius 3 is 1.98 bits per heavy atom. The van der Waals surface area contributed by atoms with Crippen molar-refractivity contribution in [2.75, 3.05) is 31.9 Å². The van der Waals surface area contributed by atoms with Crippen molar-refractivity contribution in [3.63, 3.8) is 0 Å². The van der Waals surface area contributed by atoms with Crippen molar-refractivity contribution in [2.45, 2.75) is 138 Å². The van der Waals surface area contributed by atoms with E-state index in [-0.39, 0.29) is 39.3 Å². The molecule has 4 aliphatic rings. The summed E-state index contributed by atoms with van der Waals surface area (Å²) < 4.78 is 36.5. The molecule has 3 fully saturated rings. The maximum absolute atomic E-state index is 11.3. The van der Waals surface area contributed by atoms with Crippen molar-refractivity contribution in [1.82, 2.24) is 14.7 Å². The molecular weight excluding hydrogens is 662 g/mol. The highest BCUT2D eigenvalue weighted by atomic mass is 35.5. The van der Waals surface area contributed by atoms with Crippen LogP contribution in [0.5, 0.6) is 0 Å². The zero-order chi connectivity index (χ0) is 32.2. The number of alkyl halides is 4. The summed E-state index contributed by atoms with van der Waals surface area (Å²) in [4.78, 5) is 7.42. The number of allylic oxidation sites excluding steroid dienone is 2. The van der Waals surface area contributed by atoms with Crippen LogP contribution in [0.3, 0.4) is 0 Å². The molecule has 4 rings (SSSR count). The number of unbranched alkanes of at least 4 members (excludes halogenated alkanes) is 3. The minimum absolute atomic E-state index is 0.0250. The Balaban J connectivity index is 1.72. The summed E-state index contributed by atoms with van der Waals surface area (Å²) in [5, 5.41) is -0.265. The van der Waals surface area contributed by atoms with E-state index in [9.17, 15) is 13.0 Å². The lowest BCUT2D eigenvalue weighted by atomic mass is 9.89. The van der Waals surface area contributed by atoms with Crippen LogP contribution in [0.1, 0.15) is 91.9 Å². The van der Waals surface area contributed by atoms with Gasteiger partial charge in [-0.2, -0.15) is 0 Å². The third-order valence-corrected chi connectivity index (χ3v) is 13.1. The molecule has 2 aliphatic heterocycles. The minimum atomic E-state index is -4.23. The molecule has 8 atom stereocenters. The van der Waals surface area contributed by atoms with Gasteiger partial charge in [-0.1, -0.05) is 20.3 Å². The van der Waals surface area contributed by atoms with Crippen LogP contribution < -0.4 is 0 Å². The summed E-state index contributed by atoms with van der Waals surface area (Å²) in [5.41, 5.74) is 1.24. The van der Waals surface area contributed by atoms with Crippen LogP contribution in [0.15, 0.2) is 23.5 Å². The van der Waals surface area contributed by atoms with Crippen molar-refractivity contribution in [1.29, 1.82) is 0 Å². The lowest BCUT2D eigenvalue weighted by Crippen LogP contribution is -2.48. The third kappa shape index (κ3) is 8.36. The summed E-state index contributed by atoms with van der Waals surface area (Å²) in [6.45, 7) is 12.3. The first kappa shape index (κ1) is 36.5. The molecule has 12 heteroatoms. The van der Waals surface area contributed by atoms with E-state index in [0.717, 1.165) is 64.0 Å². The van der Waals surface area contributed by atoms with Crippen LogP contribution in [0, 0.1) is 0 Å². The number of amidine groups is 1. The highest BCUT2D eigenvalue weighted by Crippen LogP contribution is 2.42. The maximum atomic E-state index is 11.3. The number of nitrogens with zero attached hydrogens (tertiary/aromatic N) is 4. The molecule has 0 spiro atoms. The summed E-state index contributed by atoms with van der Waals surface area (Å²) >= 11 is 26.9. The maximum Gasteiger partial charge on any atom is 0.272 e. The van der Waals surface area contributed by atoms with E-state index in [2.05, 4.69) is 59.1 Å². The summed E-state index contributed by atoms with van der Waals surface area (Å²) in [6.07, 6.45) is 13.4. The molecule has 0 N–H and O–H groups in total. The van der Waals surface area contributed by atoms with E-state index in [1.54, 1.807) is 0 Å². The van der Waals surface area contributed by atoms with E-state index in [1.165, 1.54) is 24.3 Å². The van der Waals surface area contributed by atoms with Crippen LogP contribution in [-0.2, 0) is 10.1 Å². The minimum Gasteiger partial charge on any atom is -0.748 e. The van der Waals surface area contributed by atoms with Gasteiger partial charge >= 0.3 is 0 Å². The predicted molar refractivity (Wildman–Crippen MR) is 184 cm³/mol. The van der Waals surface area contributed by atoms with Crippen LogP contribution in [0.2, 0.25) is 0 Å². The first-order valence-corrected chi connectivity index (χ1v) is 20.1. The quantitative estimate of drug-likeness (QED) is 0.0880. The van der Waals surface area contributed by atoms with Gasteiger partial charge < -0.3 is 14.4 Å². The molecular formula is C32H52Cl4N4O3S. The standard InChI is InChI=1S/C32H52Cl4N4O3S/c1-5-9-10-13-39-29-20-25(35)23(33)18-27(29)37(7-3)31(39)16-22(6-2)17-32-38(8-4)28-19-24(34)26(36)21-30(28)40(32)14-11-12-15-44(41,42)43/h16-17,23-30H,5-15,18-21H2,1-4H3. The van der Waals surface area contributed by atoms with Gasteiger partial charge in [-0.3, -0.25) is 9.48 Å². The molecule has 0 aromatic carbocycles. The average molecular weight is 715 g/mol. The van der Waals surface area contributed by atoms with Gasteiger partial charge in [0.15, 0.2) is 0 Å². The smallest absolute Gasteiger partial charge is 0.272 e. The molecule has 7 nitrogen and oxygen atoms in total. The average Bonchev–Trinajstić information content (AvgIpc) is 3.40. The monoisotopic (exact) mass is 712 g/mol. The zero-order valence-corrected chi connectivity index (χ0v) is 30.7. The van der Waals surface area contributed by atoms with E-state index in [1.807, 2.05) is 0 Å². The first-order valence-electron chi connectivity index (χ1n) is 16.8. The van der Waals surface area contributed by atoms with Crippen molar-refractivity contribution in [2.24, 2.45) is 0 Å². The highest BCUT2D eigenvalue weighted by molar-refractivity contribution is 7.85. The molecule has 2 heterocycles. The second kappa shape index (κ2) is 16.1. The Bertz CT molecular complexity index is 1180. The largest absolute Gasteiger partial charge is 0.748 e. The molecule has 252 valence electrons. The number of likely N-dealkylation sites (N-methyl/N-ethyl adjacent to an activating group) is 2. The normalized spacial score (nSPS) is 33.9. The fourth-order valence-electron chi connectivity index (χ4n) is 7.85. The van der Waals surface area contributed by atoms with Crippen LogP contribution in [0.25, 0.3) is 0 Å². The molecule has 0 radical (unpaired) electrons. The van der Waals surface area contributed by atoms with Gasteiger partial charge in [0, 0.05) is 37.8 Å². The number of fused-ring (bicyclic) bond motifs is 2. The number of halogens is 4. The van der Waals surface area contributed by atoms with Gasteiger partial charge in [0.05, 0.1) is 56.8 Å². The van der Waals surface area contributed by atoms with Gasteiger partial charge in [0.1, 0.15) is 17.9 Å². The van der Waals surface area contributed by atoms with Crippen molar-refractivity contribution >= 4 is 62.4 Å². The molecule has 1 saturated heterocycles. The number of hydrogen-bond donors (Lipinski definition) is 0. The summed E-state index contributed by atoms with van der Waals surface area (Å²) in [5.74, 6) is 2.09. The van der Waals surface area contributed by atoms with Gasteiger partial charge in [-0.15, -0.1) is 46.4 Å². The Morgan fingerprint density at radius 1 is 0.818 bits per heavy atom. The van der Waals surface area contributed by atoms with E-state index in [4.69, 9.17) is 46.4 Å². The lowest BCUT2D eigenvalue weighted by Gasteiger charge is -2.37. The SMILES string of the molecule is CCCCC[N+]1=C(C=C(C=C2N(CC)C3CC(Cl)C(Cl)CC3N2CCCCS(=O)(=O)[O-])CC)N(CC)C2CC(Cl)C(Cl)CC21. The predicted octanol–water partition coefficient (Wildman–Crippen LogP) is 6.56. The fourth-order valence-corrected chi connectivity index (χ4v) is 9.55. The molecule has 0 amide bonds. The van der Waals surface area contributed by atoms with E-state index < -0.39 is 10.1 Å². The third-order valence-electron chi connectivity index (χ3n) is 10.1. The molecule has 2 saturated carbocycles. The van der Waals surface area contributed by atoms with Crippen LogP contribution in [0.4, 0.5) is 0 Å². The first-order chi connectivity index (χ1) is 20.9. The van der Waals surface area contributed by atoms with Gasteiger partial charge in [-0.05, 0) is 70.4 Å². The highest BCUT2D eigenvalue weighted by Gasteiger charge is 2.52. The molecule has 44 heavy (non-hydrogen) atoms. The van der Waals surface area contributed by atoms with Crippen molar-refractivity contribution in [3.8, 4) is 0 Å². The second-order valence-corrected chi connectivity index (χ2v) is 16.6. The summed E-state index contributed by atoms with van der Waals surface area (Å²) in [6, 6.07) is 1.15. The van der Waals surface area contributed by atoms with Gasteiger partial charge in [0.2, 0.25) is 0 Å². The topological polar surface area (TPSA) is 69.9 Å². The van der Waals surface area contributed by atoms with E-state index >= 15 is 0 Å². The van der Waals surface area contributed by atoms with Crippen molar-refractivity contribution < 1.29 is 17.5 Å².